The van der Waals surface area contributed by atoms with Crippen LogP contribution in [0.15, 0.2) is 43.3 Å². The molecule has 170 valence electrons. The Labute approximate surface area is 182 Å². The molecule has 1 aliphatic carbocycles. The Morgan fingerprint density at radius 2 is 2.03 bits per heavy atom. The van der Waals surface area contributed by atoms with Gasteiger partial charge in [-0.15, -0.1) is 0 Å². The van der Waals surface area contributed by atoms with Crippen LogP contribution >= 0.6 is 11.9 Å². The number of hydrogen-bond donors (Lipinski definition) is 2. The number of methoxy groups -OCH3 is 1. The number of aromatic nitrogens is 2. The summed E-state index contributed by atoms with van der Waals surface area (Å²) in [5.74, 6) is -0.961. The summed E-state index contributed by atoms with van der Waals surface area (Å²) in [4.78, 5) is 41.7. The number of guanidine groups is 1. The van der Waals surface area contributed by atoms with Crippen molar-refractivity contribution >= 4 is 35.2 Å². The van der Waals surface area contributed by atoms with E-state index in [-0.39, 0.29) is 22.6 Å². The number of halogens is 3. The van der Waals surface area contributed by atoms with Crippen molar-refractivity contribution in [2.24, 2.45) is 22.4 Å². The van der Waals surface area contributed by atoms with Gasteiger partial charge in [-0.1, -0.05) is 6.08 Å². The fraction of sp³-hybridized carbons (Fsp3) is 0.389. The van der Waals surface area contributed by atoms with E-state index in [1.807, 2.05) is 0 Å². The number of hydrogen-bond acceptors (Lipinski definition) is 7. The first-order chi connectivity index (χ1) is 15.0. The lowest BCUT2D eigenvalue weighted by Crippen LogP contribution is -2.57. The molecule has 0 bridgehead atoms. The van der Waals surface area contributed by atoms with E-state index in [4.69, 9.17) is 4.74 Å². The molecule has 14 heteroatoms. The predicted octanol–water partition coefficient (Wildman–Crippen LogP) is 0.112. The van der Waals surface area contributed by atoms with Gasteiger partial charge in [0.05, 0.1) is 16.7 Å². The van der Waals surface area contributed by atoms with Gasteiger partial charge in [0, 0.05) is 33.2 Å². The highest BCUT2D eigenvalue weighted by Crippen LogP contribution is 2.40. The average Bonchev–Trinajstić information content (AvgIpc) is 3.30. The number of carbonyl (C=O) groups excluding carboxylic acids is 1. The molecule has 2 N–H and O–H groups in total. The number of nitrogens with zero attached hydrogens (tertiary/aromatic N) is 4. The van der Waals surface area contributed by atoms with E-state index in [0.717, 1.165) is 19.0 Å². The molecule has 2 aliphatic heterocycles. The van der Waals surface area contributed by atoms with Crippen molar-refractivity contribution in [1.82, 2.24) is 19.8 Å². The summed E-state index contributed by atoms with van der Waals surface area (Å²) in [5, 5.41) is 5.12. The molecule has 1 amide bonds. The lowest BCUT2D eigenvalue weighted by Gasteiger charge is -2.29. The molecule has 1 fully saturated rings. The van der Waals surface area contributed by atoms with Gasteiger partial charge < -0.3 is 10.1 Å². The topological polar surface area (TPSA) is 119 Å². The van der Waals surface area contributed by atoms with Crippen molar-refractivity contribution in [3.63, 3.8) is 0 Å². The Morgan fingerprint density at radius 1 is 1.31 bits per heavy atom. The Kier molecular flexibility index (Phi) is 5.16. The first-order valence-electron chi connectivity index (χ1n) is 9.20. The van der Waals surface area contributed by atoms with Crippen LogP contribution in [0.3, 0.4) is 0 Å². The van der Waals surface area contributed by atoms with Crippen LogP contribution < -0.4 is 21.9 Å². The maximum atomic E-state index is 13.1. The fourth-order valence-corrected chi connectivity index (χ4v) is 4.71. The molecule has 0 spiro atoms. The molecule has 32 heavy (non-hydrogen) atoms. The van der Waals surface area contributed by atoms with E-state index in [0.29, 0.717) is 15.2 Å². The number of ether oxygens (including phenoxy) is 1. The molecule has 1 aromatic heterocycles. The average molecular weight is 470 g/mol. The summed E-state index contributed by atoms with van der Waals surface area (Å²) in [7, 11) is 3.72. The number of alkyl halides is 3. The number of nitrogens with one attached hydrogen (secondary N) is 2. The number of allylic oxidation sites excluding steroid dienone is 3. The van der Waals surface area contributed by atoms with Crippen molar-refractivity contribution in [2.75, 3.05) is 14.2 Å². The Balaban J connectivity index is 1.80. The molecular weight excluding hydrogens is 453 g/mol. The second-order valence-corrected chi connectivity index (χ2v) is 8.04. The molecule has 1 aromatic rings. The van der Waals surface area contributed by atoms with Gasteiger partial charge in [-0.25, -0.2) is 13.8 Å². The molecule has 4 rings (SSSR count). The number of rotatable bonds is 3. The zero-order valence-corrected chi connectivity index (χ0v) is 17.7. The minimum absolute atomic E-state index is 0.0646. The van der Waals surface area contributed by atoms with E-state index >= 15 is 0 Å². The highest BCUT2D eigenvalue weighted by atomic mass is 32.2. The Bertz CT molecular complexity index is 1240. The molecule has 0 saturated carbocycles. The lowest BCUT2D eigenvalue weighted by atomic mass is 9.87. The predicted molar refractivity (Wildman–Crippen MR) is 111 cm³/mol. The highest BCUT2D eigenvalue weighted by Gasteiger charge is 2.55. The minimum Gasteiger partial charge on any atom is -0.346 e. The van der Waals surface area contributed by atoms with Gasteiger partial charge in [-0.3, -0.25) is 24.5 Å². The molecule has 3 atom stereocenters. The van der Waals surface area contributed by atoms with Gasteiger partial charge in [0.2, 0.25) is 5.96 Å². The van der Waals surface area contributed by atoms with Crippen LogP contribution in [0.4, 0.5) is 13.2 Å². The summed E-state index contributed by atoms with van der Waals surface area (Å²) in [5.41, 5.74) is -4.96. The van der Waals surface area contributed by atoms with Crippen molar-refractivity contribution in [3.05, 3.63) is 50.8 Å². The maximum Gasteiger partial charge on any atom is 0.431 e. The van der Waals surface area contributed by atoms with Crippen LogP contribution in [-0.2, 0) is 22.8 Å². The van der Waals surface area contributed by atoms with Crippen LogP contribution in [-0.4, -0.2) is 51.8 Å². The third-order valence-electron chi connectivity index (χ3n) is 5.35. The quantitative estimate of drug-likeness (QED) is 0.606. The molecule has 0 radical (unpaired) electrons. The van der Waals surface area contributed by atoms with Crippen LogP contribution in [0.25, 0.3) is 5.70 Å². The molecule has 1 saturated heterocycles. The number of fused-ring (bicyclic) bond motifs is 1. The zero-order chi connectivity index (χ0) is 23.4. The summed E-state index contributed by atoms with van der Waals surface area (Å²) >= 11 is 1.16. The smallest absolute Gasteiger partial charge is 0.346 e. The van der Waals surface area contributed by atoms with E-state index in [1.165, 1.54) is 26.3 Å². The first kappa shape index (κ1) is 22.1. The van der Waals surface area contributed by atoms with Crippen LogP contribution in [0, 0.1) is 5.92 Å². The zero-order valence-electron chi connectivity index (χ0n) is 16.9. The second kappa shape index (κ2) is 7.48. The van der Waals surface area contributed by atoms with Gasteiger partial charge in [0.1, 0.15) is 5.69 Å². The Morgan fingerprint density at radius 3 is 2.62 bits per heavy atom. The summed E-state index contributed by atoms with van der Waals surface area (Å²) in [6, 6.07) is 0.368. The third kappa shape index (κ3) is 3.21. The summed E-state index contributed by atoms with van der Waals surface area (Å²) in [6.07, 6.45) is -0.226. The van der Waals surface area contributed by atoms with E-state index in [9.17, 15) is 27.6 Å². The van der Waals surface area contributed by atoms with Crippen molar-refractivity contribution < 1.29 is 22.7 Å². The van der Waals surface area contributed by atoms with Gasteiger partial charge in [-0.05, 0) is 24.1 Å². The number of amides is 1. The van der Waals surface area contributed by atoms with Gasteiger partial charge >= 0.3 is 11.9 Å². The molecule has 3 aliphatic rings. The molecular formula is C18H17F3N6O4S. The van der Waals surface area contributed by atoms with Crippen molar-refractivity contribution in [3.8, 4) is 0 Å². The molecule has 10 nitrogen and oxygen atoms in total. The van der Waals surface area contributed by atoms with Crippen LogP contribution in [0.1, 0.15) is 5.69 Å². The monoisotopic (exact) mass is 470 g/mol. The van der Waals surface area contributed by atoms with Crippen molar-refractivity contribution in [2.45, 2.75) is 17.2 Å². The number of carbonyl (C=O) groups is 1. The maximum absolute atomic E-state index is 13.1. The summed E-state index contributed by atoms with van der Waals surface area (Å²) < 4.78 is 50.3. The molecule has 3 unspecified atom stereocenters. The third-order valence-corrected chi connectivity index (χ3v) is 6.35. The van der Waals surface area contributed by atoms with Gasteiger partial charge in [0.15, 0.2) is 0 Å². The lowest BCUT2D eigenvalue weighted by molar-refractivity contribution is -0.144. The highest BCUT2D eigenvalue weighted by molar-refractivity contribution is 7.99. The van der Waals surface area contributed by atoms with Crippen LogP contribution in [0.5, 0.6) is 0 Å². The second-order valence-electron chi connectivity index (χ2n) is 7.10. The number of aliphatic imine (C=N–C) groups is 1. The first-order valence-corrected chi connectivity index (χ1v) is 10.0. The normalized spacial score (nSPS) is 28.3. The molecule has 0 aromatic carbocycles. The van der Waals surface area contributed by atoms with E-state index in [2.05, 4.69) is 20.0 Å². The molecule has 3 heterocycles. The largest absolute Gasteiger partial charge is 0.431 e. The summed E-state index contributed by atoms with van der Waals surface area (Å²) in [6.45, 7) is 0. The van der Waals surface area contributed by atoms with E-state index in [1.54, 1.807) is 6.08 Å². The van der Waals surface area contributed by atoms with E-state index < -0.39 is 40.7 Å². The van der Waals surface area contributed by atoms with Crippen molar-refractivity contribution in [1.29, 1.82) is 0 Å². The van der Waals surface area contributed by atoms with Crippen LogP contribution in [0.2, 0.25) is 0 Å². The minimum atomic E-state index is -4.86. The van der Waals surface area contributed by atoms with Gasteiger partial charge in [0.25, 0.3) is 17.2 Å². The van der Waals surface area contributed by atoms with Gasteiger partial charge in [-0.2, -0.15) is 13.2 Å². The SMILES string of the molecule is CN=C1NC(=O)C(OC)(C2=NSC3C=CC(n4c(=O)cc(C(F)(F)F)n(C)c4=O)=CC23)N1. The standard InChI is InChI=1S/C18H17F3N6O4S/c1-22-15-23-14(29)17(24-15,31-3)13-9-6-8(4-5-10(9)32-25-13)27-12(28)7-11(18(19,20)21)26(2)16(27)30/h4-7,9-10H,1-3H3,(H2,22,23,24,29). The Hall–Kier alpha value is -3.13. The fourth-order valence-electron chi connectivity index (χ4n) is 3.74.